The average Bonchev–Trinajstić information content (AvgIpc) is 2.86. The van der Waals surface area contributed by atoms with Gasteiger partial charge in [-0.15, -0.1) is 0 Å². The Kier molecular flexibility index (Phi) is 6.88. The third-order valence-electron chi connectivity index (χ3n) is 5.46. The van der Waals surface area contributed by atoms with Gasteiger partial charge in [-0.25, -0.2) is 9.18 Å². The van der Waals surface area contributed by atoms with Crippen molar-refractivity contribution in [3.05, 3.63) is 94.6 Å². The quantitative estimate of drug-likeness (QED) is 0.377. The summed E-state index contributed by atoms with van der Waals surface area (Å²) in [4.78, 5) is 12.4. The summed E-state index contributed by atoms with van der Waals surface area (Å²) in [7, 11) is 1.55. The number of allylic oxidation sites excluding steroid dienone is 1. The number of fused-ring (bicyclic) bond motifs is 1. The van der Waals surface area contributed by atoms with Crippen LogP contribution in [-0.4, -0.2) is 19.7 Å². The lowest BCUT2D eigenvalue weighted by atomic mass is 9.83. The molecule has 0 saturated carbocycles. The van der Waals surface area contributed by atoms with Gasteiger partial charge in [0.05, 0.1) is 25.2 Å². The minimum absolute atomic E-state index is 0.0442. The maximum atomic E-state index is 13.1. The van der Waals surface area contributed by atoms with Gasteiger partial charge in [0.1, 0.15) is 29.0 Å². The second kappa shape index (κ2) is 10.2. The molecule has 3 aromatic carbocycles. The third-order valence-corrected chi connectivity index (χ3v) is 5.46. The van der Waals surface area contributed by atoms with E-state index in [0.717, 1.165) is 12.0 Å². The SMILES string of the molecule is CCCOc1ccc(C2C(C#N)=C(N)Oc3cc(OC(=O)c4ccc(F)cc4)ccc32)cc1OC. The predicted octanol–water partition coefficient (Wildman–Crippen LogP) is 5.06. The fourth-order valence-electron chi connectivity index (χ4n) is 3.79. The molecule has 178 valence electrons. The van der Waals surface area contributed by atoms with E-state index in [-0.39, 0.29) is 22.8 Å². The molecule has 7 nitrogen and oxygen atoms in total. The number of carbonyl (C=O) groups is 1. The lowest BCUT2D eigenvalue weighted by Crippen LogP contribution is -2.21. The molecule has 1 heterocycles. The topological polar surface area (TPSA) is 104 Å². The molecule has 0 saturated heterocycles. The molecule has 35 heavy (non-hydrogen) atoms. The molecule has 0 aliphatic carbocycles. The van der Waals surface area contributed by atoms with E-state index in [9.17, 15) is 14.4 Å². The fraction of sp³-hybridized carbons (Fsp3) is 0.185. The number of esters is 1. The summed E-state index contributed by atoms with van der Waals surface area (Å²) in [5.74, 6) is 0.0237. The third kappa shape index (κ3) is 4.89. The molecule has 0 spiro atoms. The molecule has 1 atom stereocenters. The summed E-state index contributed by atoms with van der Waals surface area (Å²) in [6, 6.07) is 17.5. The van der Waals surface area contributed by atoms with Crippen molar-refractivity contribution in [2.24, 2.45) is 5.73 Å². The summed E-state index contributed by atoms with van der Waals surface area (Å²) in [5, 5.41) is 9.82. The van der Waals surface area contributed by atoms with Crippen molar-refractivity contribution in [1.29, 1.82) is 5.26 Å². The number of hydrogen-bond donors (Lipinski definition) is 1. The first-order valence-corrected chi connectivity index (χ1v) is 10.9. The number of nitriles is 1. The van der Waals surface area contributed by atoms with Crippen molar-refractivity contribution in [3.8, 4) is 29.1 Å². The van der Waals surface area contributed by atoms with Gasteiger partial charge >= 0.3 is 5.97 Å². The van der Waals surface area contributed by atoms with Gasteiger partial charge < -0.3 is 24.7 Å². The molecule has 4 rings (SSSR count). The molecule has 8 heteroatoms. The lowest BCUT2D eigenvalue weighted by Gasteiger charge is -2.27. The number of halogens is 1. The molecule has 2 N–H and O–H groups in total. The largest absolute Gasteiger partial charge is 0.493 e. The Hall–Kier alpha value is -4.51. The maximum Gasteiger partial charge on any atom is 0.343 e. The van der Waals surface area contributed by atoms with Crippen LogP contribution in [-0.2, 0) is 0 Å². The van der Waals surface area contributed by atoms with Crippen molar-refractivity contribution in [2.75, 3.05) is 13.7 Å². The number of nitrogens with zero attached hydrogens (tertiary/aromatic N) is 1. The molecule has 1 aliphatic heterocycles. The number of nitrogens with two attached hydrogens (primary N) is 1. The number of carbonyl (C=O) groups excluding carboxylic acids is 1. The standard InChI is InChI=1S/C27H23FN2O5/c1-3-12-33-22-11-6-17(13-24(22)32-2)25-20-10-9-19(14-23(20)35-26(30)21(25)15-29)34-27(31)16-4-7-18(28)8-5-16/h4-11,13-14,25H,3,12,30H2,1-2H3. The first-order valence-electron chi connectivity index (χ1n) is 10.9. The minimum Gasteiger partial charge on any atom is -0.493 e. The van der Waals surface area contributed by atoms with E-state index in [4.69, 9.17) is 24.7 Å². The highest BCUT2D eigenvalue weighted by Gasteiger charge is 2.31. The number of ether oxygens (including phenoxy) is 4. The van der Waals surface area contributed by atoms with Crippen LogP contribution >= 0.6 is 0 Å². The first-order chi connectivity index (χ1) is 16.9. The van der Waals surface area contributed by atoms with E-state index in [1.165, 1.54) is 30.3 Å². The van der Waals surface area contributed by atoms with Gasteiger partial charge in [-0.1, -0.05) is 19.1 Å². The molecule has 0 aromatic heterocycles. The Morgan fingerprint density at radius 3 is 2.57 bits per heavy atom. The van der Waals surface area contributed by atoms with Crippen LogP contribution < -0.4 is 24.7 Å². The Bertz CT molecular complexity index is 1330. The van der Waals surface area contributed by atoms with E-state index < -0.39 is 17.7 Å². The highest BCUT2D eigenvalue weighted by atomic mass is 19.1. The molecule has 0 fully saturated rings. The lowest BCUT2D eigenvalue weighted by molar-refractivity contribution is 0.0734. The molecule has 0 bridgehead atoms. The van der Waals surface area contributed by atoms with E-state index in [0.29, 0.717) is 29.4 Å². The van der Waals surface area contributed by atoms with E-state index in [2.05, 4.69) is 6.07 Å². The normalized spacial score (nSPS) is 14.4. The zero-order chi connectivity index (χ0) is 24.9. The molecule has 3 aromatic rings. The van der Waals surface area contributed by atoms with E-state index in [1.807, 2.05) is 13.0 Å². The van der Waals surface area contributed by atoms with Crippen LogP contribution in [0.3, 0.4) is 0 Å². The summed E-state index contributed by atoms with van der Waals surface area (Å²) >= 11 is 0. The van der Waals surface area contributed by atoms with Gasteiger partial charge in [-0.05, 0) is 54.4 Å². The van der Waals surface area contributed by atoms with Crippen LogP contribution in [0.4, 0.5) is 4.39 Å². The molecule has 1 unspecified atom stereocenters. The van der Waals surface area contributed by atoms with Gasteiger partial charge in [-0.3, -0.25) is 0 Å². The average molecular weight is 474 g/mol. The van der Waals surface area contributed by atoms with E-state index in [1.54, 1.807) is 31.4 Å². The monoisotopic (exact) mass is 474 g/mol. The second-order valence-electron chi connectivity index (χ2n) is 7.78. The first kappa shape index (κ1) is 23.6. The van der Waals surface area contributed by atoms with Gasteiger partial charge in [0.15, 0.2) is 11.5 Å². The Morgan fingerprint density at radius 2 is 1.89 bits per heavy atom. The maximum absolute atomic E-state index is 13.1. The van der Waals surface area contributed by atoms with Crippen LogP contribution in [0.25, 0.3) is 0 Å². The number of hydrogen-bond acceptors (Lipinski definition) is 7. The Balaban J connectivity index is 1.68. The molecule has 0 amide bonds. The molecule has 0 radical (unpaired) electrons. The smallest absolute Gasteiger partial charge is 0.343 e. The molecular formula is C27H23FN2O5. The molecule has 1 aliphatic rings. The van der Waals surface area contributed by atoms with Crippen LogP contribution in [0.5, 0.6) is 23.0 Å². The van der Waals surface area contributed by atoms with Crippen molar-refractivity contribution >= 4 is 5.97 Å². The summed E-state index contributed by atoms with van der Waals surface area (Å²) in [5.41, 5.74) is 7.96. The molecular weight excluding hydrogens is 451 g/mol. The van der Waals surface area contributed by atoms with Crippen LogP contribution in [0.2, 0.25) is 0 Å². The second-order valence-corrected chi connectivity index (χ2v) is 7.78. The Morgan fingerprint density at radius 1 is 1.11 bits per heavy atom. The zero-order valence-electron chi connectivity index (χ0n) is 19.2. The Labute approximate surface area is 202 Å². The number of methoxy groups -OCH3 is 1. The predicted molar refractivity (Wildman–Crippen MR) is 126 cm³/mol. The van der Waals surface area contributed by atoms with Gasteiger partial charge in [-0.2, -0.15) is 5.26 Å². The fourth-order valence-corrected chi connectivity index (χ4v) is 3.79. The zero-order valence-corrected chi connectivity index (χ0v) is 19.2. The van der Waals surface area contributed by atoms with Crippen molar-refractivity contribution < 1.29 is 28.1 Å². The van der Waals surface area contributed by atoms with Crippen molar-refractivity contribution in [1.82, 2.24) is 0 Å². The van der Waals surface area contributed by atoms with Crippen molar-refractivity contribution in [2.45, 2.75) is 19.3 Å². The highest BCUT2D eigenvalue weighted by Crippen LogP contribution is 2.45. The minimum atomic E-state index is -0.647. The van der Waals surface area contributed by atoms with Crippen LogP contribution in [0, 0.1) is 17.1 Å². The summed E-state index contributed by atoms with van der Waals surface area (Å²) < 4.78 is 35.5. The van der Waals surface area contributed by atoms with Crippen molar-refractivity contribution in [3.63, 3.8) is 0 Å². The van der Waals surface area contributed by atoms with Gasteiger partial charge in [0, 0.05) is 11.6 Å². The van der Waals surface area contributed by atoms with Crippen LogP contribution in [0.1, 0.15) is 40.7 Å². The number of benzene rings is 3. The summed E-state index contributed by atoms with van der Waals surface area (Å²) in [6.07, 6.45) is 0.851. The number of rotatable bonds is 7. The van der Waals surface area contributed by atoms with E-state index >= 15 is 0 Å². The van der Waals surface area contributed by atoms with Gasteiger partial charge in [0.25, 0.3) is 0 Å². The summed E-state index contributed by atoms with van der Waals surface area (Å²) in [6.45, 7) is 2.56. The van der Waals surface area contributed by atoms with Gasteiger partial charge in [0.2, 0.25) is 5.88 Å². The van der Waals surface area contributed by atoms with Crippen LogP contribution in [0.15, 0.2) is 72.1 Å². The highest BCUT2D eigenvalue weighted by molar-refractivity contribution is 5.91.